The number of hydrogen-bond acceptors (Lipinski definition) is 2. The third-order valence-corrected chi connectivity index (χ3v) is 4.58. The number of aliphatic carboxylic acids is 1. The van der Waals surface area contributed by atoms with Crippen molar-refractivity contribution in [3.63, 3.8) is 0 Å². The van der Waals surface area contributed by atoms with Crippen LogP contribution in [0.4, 0.5) is 0 Å². The minimum atomic E-state index is -0.631. The second kappa shape index (κ2) is 4.39. The minimum Gasteiger partial charge on any atom is -0.481 e. The Morgan fingerprint density at radius 3 is 2.72 bits per heavy atom. The third-order valence-electron chi connectivity index (χ3n) is 4.58. The molecule has 1 fully saturated rings. The van der Waals surface area contributed by atoms with Crippen molar-refractivity contribution in [3.8, 4) is 0 Å². The summed E-state index contributed by atoms with van der Waals surface area (Å²) in [5, 5.41) is 12.8. The van der Waals surface area contributed by atoms with E-state index in [9.17, 15) is 4.79 Å². The Hall–Kier alpha value is -1.35. The van der Waals surface area contributed by atoms with Crippen LogP contribution in [0.2, 0.25) is 0 Å². The molecule has 1 aromatic carbocycles. The van der Waals surface area contributed by atoms with Crippen LogP contribution in [0.3, 0.4) is 0 Å². The van der Waals surface area contributed by atoms with E-state index in [0.717, 1.165) is 38.6 Å². The molecule has 0 saturated heterocycles. The summed E-state index contributed by atoms with van der Waals surface area (Å²) < 4.78 is 0. The van der Waals surface area contributed by atoms with Crippen molar-refractivity contribution >= 4 is 5.97 Å². The molecule has 0 radical (unpaired) electrons. The zero-order valence-electron chi connectivity index (χ0n) is 10.5. The number of carboxylic acid groups (broad SMARTS) is 1. The minimum absolute atomic E-state index is 0.0425. The highest BCUT2D eigenvalue weighted by molar-refractivity contribution is 5.70. The molecule has 1 aliphatic carbocycles. The molecule has 3 nitrogen and oxygen atoms in total. The third kappa shape index (κ3) is 1.83. The first-order valence-electron chi connectivity index (χ1n) is 6.77. The summed E-state index contributed by atoms with van der Waals surface area (Å²) in [7, 11) is 0. The molecule has 1 spiro atoms. The van der Waals surface area contributed by atoms with Crippen LogP contribution < -0.4 is 5.32 Å². The van der Waals surface area contributed by atoms with Crippen molar-refractivity contribution in [1.82, 2.24) is 5.32 Å². The van der Waals surface area contributed by atoms with Gasteiger partial charge in [0.1, 0.15) is 0 Å². The van der Waals surface area contributed by atoms with E-state index >= 15 is 0 Å². The lowest BCUT2D eigenvalue weighted by molar-refractivity contribution is -0.143. The molecule has 2 aliphatic rings. The maximum absolute atomic E-state index is 11.1. The van der Waals surface area contributed by atoms with E-state index in [1.807, 2.05) is 0 Å². The monoisotopic (exact) mass is 245 g/mol. The van der Waals surface area contributed by atoms with Gasteiger partial charge >= 0.3 is 5.97 Å². The SMILES string of the molecule is O=C(O)[C@H]1CC[C@@]2(CC1)NCCc1ccccc12. The number of fused-ring (bicyclic) bond motifs is 2. The maximum atomic E-state index is 11.1. The molecule has 3 heteroatoms. The predicted octanol–water partition coefficient (Wildman–Crippen LogP) is 2.30. The molecule has 0 aromatic heterocycles. The molecule has 1 saturated carbocycles. The molecule has 0 atom stereocenters. The fourth-order valence-corrected chi connectivity index (χ4v) is 3.54. The highest BCUT2D eigenvalue weighted by atomic mass is 16.4. The topological polar surface area (TPSA) is 49.3 Å². The average molecular weight is 245 g/mol. The van der Waals surface area contributed by atoms with E-state index in [-0.39, 0.29) is 11.5 Å². The second-order valence-corrected chi connectivity index (χ2v) is 5.53. The lowest BCUT2D eigenvalue weighted by Crippen LogP contribution is -2.50. The van der Waals surface area contributed by atoms with Crippen LogP contribution in [0.15, 0.2) is 24.3 Å². The average Bonchev–Trinajstić information content (AvgIpc) is 2.40. The summed E-state index contributed by atoms with van der Waals surface area (Å²) in [6.07, 6.45) is 4.55. The van der Waals surface area contributed by atoms with Gasteiger partial charge in [0.2, 0.25) is 0 Å². The Morgan fingerprint density at radius 1 is 1.28 bits per heavy atom. The van der Waals surface area contributed by atoms with Crippen molar-refractivity contribution in [2.75, 3.05) is 6.54 Å². The Kier molecular flexibility index (Phi) is 2.86. The van der Waals surface area contributed by atoms with Gasteiger partial charge in [0.05, 0.1) is 5.92 Å². The smallest absolute Gasteiger partial charge is 0.306 e. The standard InChI is InChI=1S/C15H19NO2/c17-14(18)12-5-8-15(9-6-12)13-4-2-1-3-11(13)7-10-16-15/h1-4,12,16H,5-10H2,(H,17,18)/t12-,15-. The van der Waals surface area contributed by atoms with Crippen LogP contribution in [0.1, 0.15) is 36.8 Å². The second-order valence-electron chi connectivity index (χ2n) is 5.53. The Balaban J connectivity index is 1.88. The van der Waals surface area contributed by atoms with Gasteiger partial charge in [-0.05, 0) is 43.2 Å². The van der Waals surface area contributed by atoms with Gasteiger partial charge in [-0.15, -0.1) is 0 Å². The summed E-state index contributed by atoms with van der Waals surface area (Å²) in [4.78, 5) is 11.1. The number of carbonyl (C=O) groups is 1. The first-order valence-corrected chi connectivity index (χ1v) is 6.77. The number of rotatable bonds is 1. The fraction of sp³-hybridized carbons (Fsp3) is 0.533. The van der Waals surface area contributed by atoms with Crippen molar-refractivity contribution in [2.45, 2.75) is 37.6 Å². The van der Waals surface area contributed by atoms with Gasteiger partial charge in [-0.1, -0.05) is 24.3 Å². The zero-order chi connectivity index (χ0) is 12.6. The first kappa shape index (κ1) is 11.7. The largest absolute Gasteiger partial charge is 0.481 e. The van der Waals surface area contributed by atoms with E-state index in [1.165, 1.54) is 11.1 Å². The molecule has 1 heterocycles. The van der Waals surface area contributed by atoms with Crippen LogP contribution in [0.25, 0.3) is 0 Å². The molecular weight excluding hydrogens is 226 g/mol. The summed E-state index contributed by atoms with van der Waals surface area (Å²) in [5.41, 5.74) is 2.88. The first-order chi connectivity index (χ1) is 8.71. The van der Waals surface area contributed by atoms with Crippen molar-refractivity contribution in [2.24, 2.45) is 5.92 Å². The quantitative estimate of drug-likeness (QED) is 0.798. The molecule has 2 N–H and O–H groups in total. The Labute approximate surface area is 107 Å². The Bertz CT molecular complexity index is 461. The van der Waals surface area contributed by atoms with E-state index in [0.29, 0.717) is 0 Å². The molecule has 96 valence electrons. The van der Waals surface area contributed by atoms with Crippen molar-refractivity contribution in [1.29, 1.82) is 0 Å². The van der Waals surface area contributed by atoms with E-state index in [2.05, 4.69) is 29.6 Å². The van der Waals surface area contributed by atoms with Gasteiger partial charge in [0.15, 0.2) is 0 Å². The van der Waals surface area contributed by atoms with Crippen molar-refractivity contribution < 1.29 is 9.90 Å². The Morgan fingerprint density at radius 2 is 2.00 bits per heavy atom. The number of hydrogen-bond donors (Lipinski definition) is 2. The van der Waals surface area contributed by atoms with Gasteiger partial charge < -0.3 is 10.4 Å². The molecule has 1 aliphatic heterocycles. The summed E-state index contributed by atoms with van der Waals surface area (Å²) >= 11 is 0. The van der Waals surface area contributed by atoms with E-state index < -0.39 is 5.97 Å². The molecule has 1 aromatic rings. The molecule has 3 rings (SSSR count). The van der Waals surface area contributed by atoms with Gasteiger partial charge in [-0.2, -0.15) is 0 Å². The molecule has 0 bridgehead atoms. The van der Waals surface area contributed by atoms with Crippen LogP contribution in [-0.4, -0.2) is 17.6 Å². The molecule has 18 heavy (non-hydrogen) atoms. The highest BCUT2D eigenvalue weighted by Crippen LogP contribution is 2.42. The highest BCUT2D eigenvalue weighted by Gasteiger charge is 2.40. The molecular formula is C15H19NO2. The predicted molar refractivity (Wildman–Crippen MR) is 69.4 cm³/mol. The zero-order valence-corrected chi connectivity index (χ0v) is 10.5. The normalized spacial score (nSPS) is 31.0. The summed E-state index contributed by atoms with van der Waals surface area (Å²) in [6.45, 7) is 1.01. The van der Waals surface area contributed by atoms with Crippen LogP contribution >= 0.6 is 0 Å². The lowest BCUT2D eigenvalue weighted by atomic mass is 9.70. The van der Waals surface area contributed by atoms with Gasteiger partial charge in [-0.25, -0.2) is 0 Å². The maximum Gasteiger partial charge on any atom is 0.306 e. The summed E-state index contributed by atoms with van der Waals surface area (Å²) in [5.74, 6) is -0.777. The van der Waals surface area contributed by atoms with Crippen LogP contribution in [0, 0.1) is 5.92 Å². The van der Waals surface area contributed by atoms with E-state index in [1.54, 1.807) is 0 Å². The summed E-state index contributed by atoms with van der Waals surface area (Å²) in [6, 6.07) is 8.61. The fourth-order valence-electron chi connectivity index (χ4n) is 3.54. The van der Waals surface area contributed by atoms with Gasteiger partial charge in [0.25, 0.3) is 0 Å². The molecule has 0 unspecified atom stereocenters. The van der Waals surface area contributed by atoms with Crippen molar-refractivity contribution in [3.05, 3.63) is 35.4 Å². The number of benzene rings is 1. The number of nitrogens with one attached hydrogen (secondary N) is 1. The van der Waals surface area contributed by atoms with E-state index in [4.69, 9.17) is 5.11 Å². The van der Waals surface area contributed by atoms with Crippen LogP contribution in [-0.2, 0) is 16.8 Å². The molecule has 0 amide bonds. The van der Waals surface area contributed by atoms with Gasteiger partial charge in [-0.3, -0.25) is 4.79 Å². The van der Waals surface area contributed by atoms with Gasteiger partial charge in [0, 0.05) is 12.1 Å². The lowest BCUT2D eigenvalue weighted by Gasteiger charge is -2.44. The van der Waals surface area contributed by atoms with Crippen LogP contribution in [0.5, 0.6) is 0 Å². The number of carboxylic acids is 1.